The molecule has 1 atom stereocenters. The molecule has 1 aliphatic heterocycles. The van der Waals surface area contributed by atoms with Crippen LogP contribution in [-0.4, -0.2) is 33.7 Å². The molecule has 1 fully saturated rings. The molecule has 1 unspecified atom stereocenters. The second-order valence-corrected chi connectivity index (χ2v) is 5.89. The highest BCUT2D eigenvalue weighted by Gasteiger charge is 2.30. The average Bonchev–Trinajstić information content (AvgIpc) is 3.09. The fraction of sp³-hybridized carbons (Fsp3) is 0.471. The first kappa shape index (κ1) is 16.4. The predicted molar refractivity (Wildman–Crippen MR) is 88.7 cm³/mol. The Hall–Kier alpha value is -2.41. The van der Waals surface area contributed by atoms with Crippen molar-refractivity contribution in [2.24, 2.45) is 5.92 Å². The van der Waals surface area contributed by atoms with Crippen LogP contribution in [0.25, 0.3) is 0 Å². The van der Waals surface area contributed by atoms with Gasteiger partial charge in [0.15, 0.2) is 0 Å². The van der Waals surface area contributed by atoms with Gasteiger partial charge in [-0.1, -0.05) is 0 Å². The Labute approximate surface area is 140 Å². The molecule has 3 rings (SSSR count). The van der Waals surface area contributed by atoms with Crippen LogP contribution in [0, 0.1) is 5.92 Å². The maximum atomic E-state index is 12.6. The van der Waals surface area contributed by atoms with Crippen molar-refractivity contribution >= 4 is 5.91 Å². The molecule has 2 aromatic rings. The van der Waals surface area contributed by atoms with Gasteiger partial charge in [0.1, 0.15) is 11.4 Å². The lowest BCUT2D eigenvalue weighted by atomic mass is 9.90. The number of carbonyl (C=O) groups excluding carboxylic acids is 1. The van der Waals surface area contributed by atoms with E-state index in [2.05, 4.69) is 15.3 Å². The van der Waals surface area contributed by atoms with E-state index in [-0.39, 0.29) is 29.0 Å². The number of hydrogen-bond donors (Lipinski definition) is 2. The van der Waals surface area contributed by atoms with Crippen molar-refractivity contribution in [3.8, 4) is 0 Å². The summed E-state index contributed by atoms with van der Waals surface area (Å²) in [6.07, 6.45) is 6.87. The molecule has 7 heteroatoms. The van der Waals surface area contributed by atoms with Crippen LogP contribution in [0.2, 0.25) is 0 Å². The molecule has 0 bridgehead atoms. The molecule has 2 N–H and O–H groups in total. The van der Waals surface area contributed by atoms with Crippen LogP contribution >= 0.6 is 0 Å². The summed E-state index contributed by atoms with van der Waals surface area (Å²) in [5.41, 5.74) is -0.274. The molecule has 2 aromatic heterocycles. The van der Waals surface area contributed by atoms with Crippen molar-refractivity contribution in [2.75, 3.05) is 13.2 Å². The third-order valence-corrected chi connectivity index (χ3v) is 4.45. The number of nitrogens with zero attached hydrogens (tertiary/aromatic N) is 2. The molecule has 0 spiro atoms. The van der Waals surface area contributed by atoms with Gasteiger partial charge in [-0.15, -0.1) is 0 Å². The molecule has 0 aliphatic carbocycles. The highest BCUT2D eigenvalue weighted by molar-refractivity contribution is 5.93. The van der Waals surface area contributed by atoms with Gasteiger partial charge in [-0.3, -0.25) is 9.59 Å². The molecule has 7 nitrogen and oxygen atoms in total. The first-order valence-electron chi connectivity index (χ1n) is 8.28. The van der Waals surface area contributed by atoms with Crippen molar-refractivity contribution in [3.63, 3.8) is 0 Å². The average molecular weight is 330 g/mol. The molecule has 1 aliphatic rings. The summed E-state index contributed by atoms with van der Waals surface area (Å²) in [5, 5.41) is 3.02. The van der Waals surface area contributed by atoms with Crippen LogP contribution in [0.5, 0.6) is 0 Å². The van der Waals surface area contributed by atoms with Gasteiger partial charge in [-0.05, 0) is 37.8 Å². The largest absolute Gasteiger partial charge is 0.381 e. The summed E-state index contributed by atoms with van der Waals surface area (Å²) in [4.78, 5) is 31.5. The Morgan fingerprint density at radius 2 is 2.29 bits per heavy atom. The Bertz CT molecular complexity index is 746. The minimum atomic E-state index is -0.389. The molecule has 0 aromatic carbocycles. The second-order valence-electron chi connectivity index (χ2n) is 5.89. The van der Waals surface area contributed by atoms with E-state index in [4.69, 9.17) is 4.74 Å². The fourth-order valence-corrected chi connectivity index (χ4v) is 3.13. The van der Waals surface area contributed by atoms with Gasteiger partial charge in [0.25, 0.3) is 11.5 Å². The number of imidazole rings is 1. The lowest BCUT2D eigenvalue weighted by Crippen LogP contribution is -2.39. The number of carbonyl (C=O) groups is 1. The topological polar surface area (TPSA) is 89.0 Å². The molecule has 1 amide bonds. The van der Waals surface area contributed by atoms with E-state index in [9.17, 15) is 9.59 Å². The van der Waals surface area contributed by atoms with Crippen molar-refractivity contribution in [1.82, 2.24) is 19.9 Å². The smallest absolute Gasteiger partial charge is 0.260 e. The van der Waals surface area contributed by atoms with Gasteiger partial charge in [0.05, 0.1) is 6.04 Å². The number of ether oxygens (including phenoxy) is 1. The Kier molecular flexibility index (Phi) is 5.10. The number of aromatic amines is 1. The van der Waals surface area contributed by atoms with Crippen LogP contribution in [0.15, 0.2) is 35.5 Å². The van der Waals surface area contributed by atoms with E-state index < -0.39 is 0 Å². The third-order valence-electron chi connectivity index (χ3n) is 4.45. The van der Waals surface area contributed by atoms with Crippen molar-refractivity contribution in [1.29, 1.82) is 0 Å². The number of pyridine rings is 1. The van der Waals surface area contributed by atoms with E-state index in [0.717, 1.165) is 25.2 Å². The minimum absolute atomic E-state index is 0.115. The van der Waals surface area contributed by atoms with Crippen LogP contribution in [0.3, 0.4) is 0 Å². The van der Waals surface area contributed by atoms with E-state index in [0.29, 0.717) is 13.2 Å². The van der Waals surface area contributed by atoms with Crippen LogP contribution < -0.4 is 10.9 Å². The van der Waals surface area contributed by atoms with Gasteiger partial charge in [-0.2, -0.15) is 0 Å². The number of amides is 1. The van der Waals surface area contributed by atoms with Gasteiger partial charge in [-0.25, -0.2) is 4.98 Å². The highest BCUT2D eigenvalue weighted by Crippen LogP contribution is 2.29. The molecule has 0 saturated carbocycles. The summed E-state index contributed by atoms with van der Waals surface area (Å²) in [7, 11) is 0. The summed E-state index contributed by atoms with van der Waals surface area (Å²) in [5.74, 6) is 0.683. The quantitative estimate of drug-likeness (QED) is 0.869. The highest BCUT2D eigenvalue weighted by atomic mass is 16.5. The Morgan fingerprint density at radius 3 is 3.00 bits per heavy atom. The molecule has 3 heterocycles. The predicted octanol–water partition coefficient (Wildman–Crippen LogP) is 1.49. The molecular weight excluding hydrogens is 308 g/mol. The van der Waals surface area contributed by atoms with Gasteiger partial charge >= 0.3 is 0 Å². The van der Waals surface area contributed by atoms with Crippen molar-refractivity contribution in [3.05, 3.63) is 52.5 Å². The number of H-pyrrole nitrogens is 1. The second kappa shape index (κ2) is 7.44. The monoisotopic (exact) mass is 330 g/mol. The van der Waals surface area contributed by atoms with Gasteiger partial charge in [0.2, 0.25) is 0 Å². The van der Waals surface area contributed by atoms with Crippen molar-refractivity contribution in [2.45, 2.75) is 32.4 Å². The first-order valence-corrected chi connectivity index (χ1v) is 8.28. The summed E-state index contributed by atoms with van der Waals surface area (Å²) in [6, 6.07) is 2.94. The fourth-order valence-electron chi connectivity index (χ4n) is 3.13. The van der Waals surface area contributed by atoms with Crippen LogP contribution in [-0.2, 0) is 11.3 Å². The standard InChI is InChI=1S/C17H22N4O3/c1-2-21-9-8-18-15(21)14(12-5-10-24-11-6-12)20-17(23)13-4-3-7-19-16(13)22/h3-4,7-9,12,14H,2,5-6,10-11H2,1H3,(H,19,22)(H,20,23). The van der Waals surface area contributed by atoms with E-state index in [1.54, 1.807) is 12.3 Å². The van der Waals surface area contributed by atoms with Gasteiger partial charge < -0.3 is 19.6 Å². The zero-order valence-electron chi connectivity index (χ0n) is 13.7. The van der Waals surface area contributed by atoms with E-state index >= 15 is 0 Å². The van der Waals surface area contributed by atoms with E-state index in [1.165, 1.54) is 12.3 Å². The SMILES string of the molecule is CCn1ccnc1C(NC(=O)c1ccc[nH]c1=O)C1CCOCC1. The Morgan fingerprint density at radius 1 is 1.50 bits per heavy atom. The number of aryl methyl sites for hydroxylation is 1. The number of hydrogen-bond acceptors (Lipinski definition) is 4. The molecule has 24 heavy (non-hydrogen) atoms. The van der Waals surface area contributed by atoms with E-state index in [1.807, 2.05) is 17.7 Å². The molecular formula is C17H22N4O3. The summed E-state index contributed by atoms with van der Waals surface area (Å²) >= 11 is 0. The maximum Gasteiger partial charge on any atom is 0.260 e. The van der Waals surface area contributed by atoms with Crippen LogP contribution in [0.1, 0.15) is 42.0 Å². The van der Waals surface area contributed by atoms with Crippen molar-refractivity contribution < 1.29 is 9.53 Å². The van der Waals surface area contributed by atoms with Crippen LogP contribution in [0.4, 0.5) is 0 Å². The maximum absolute atomic E-state index is 12.6. The number of nitrogens with one attached hydrogen (secondary N) is 2. The Balaban J connectivity index is 1.88. The third kappa shape index (κ3) is 3.41. The first-order chi connectivity index (χ1) is 11.7. The lowest BCUT2D eigenvalue weighted by molar-refractivity contribution is 0.0498. The molecule has 1 saturated heterocycles. The number of rotatable bonds is 5. The summed E-state index contributed by atoms with van der Waals surface area (Å²) < 4.78 is 7.46. The normalized spacial score (nSPS) is 16.7. The zero-order valence-corrected chi connectivity index (χ0v) is 13.7. The van der Waals surface area contributed by atoms with Gasteiger partial charge in [0, 0.05) is 38.3 Å². The minimum Gasteiger partial charge on any atom is -0.381 e. The summed E-state index contributed by atoms with van der Waals surface area (Å²) in [6.45, 7) is 4.17. The molecule has 0 radical (unpaired) electrons. The zero-order chi connectivity index (χ0) is 16.9. The lowest BCUT2D eigenvalue weighted by Gasteiger charge is -2.30. The number of aromatic nitrogens is 3. The molecule has 128 valence electrons.